The Morgan fingerprint density at radius 1 is 1.04 bits per heavy atom. The highest BCUT2D eigenvalue weighted by Gasteiger charge is 2.17. The van der Waals surface area contributed by atoms with Crippen LogP contribution < -0.4 is 14.9 Å². The Kier molecular flexibility index (Phi) is 5.18. The molecule has 0 aromatic heterocycles. The topological polar surface area (TPSA) is 78.5 Å². The number of carbonyl (C=O) groups is 1. The summed E-state index contributed by atoms with van der Waals surface area (Å²) in [6, 6.07) is 12.7. The van der Waals surface area contributed by atoms with E-state index in [4.69, 9.17) is 0 Å². The molecule has 1 fully saturated rings. The normalized spacial score (nSPS) is 14.3. The number of benzene rings is 2. The number of nitrogens with one attached hydrogen (secondary N) is 2. The average Bonchev–Trinajstić information content (AvgIpc) is 3.10. The van der Waals surface area contributed by atoms with Gasteiger partial charge in [-0.3, -0.25) is 9.52 Å². The molecule has 7 heteroatoms. The van der Waals surface area contributed by atoms with E-state index in [1.165, 1.54) is 0 Å². The van der Waals surface area contributed by atoms with Crippen LogP contribution in [0.3, 0.4) is 0 Å². The van der Waals surface area contributed by atoms with Gasteiger partial charge in [-0.25, -0.2) is 8.42 Å². The second-order valence-corrected chi connectivity index (χ2v) is 8.32. The summed E-state index contributed by atoms with van der Waals surface area (Å²) in [6.45, 7) is 3.76. The van der Waals surface area contributed by atoms with Crippen molar-refractivity contribution < 1.29 is 13.2 Å². The molecule has 138 valence electrons. The molecule has 2 N–H and O–H groups in total. The van der Waals surface area contributed by atoms with Crippen LogP contribution in [-0.4, -0.2) is 33.7 Å². The Morgan fingerprint density at radius 2 is 1.73 bits per heavy atom. The number of amides is 1. The molecule has 1 heterocycles. The van der Waals surface area contributed by atoms with Crippen LogP contribution in [0.2, 0.25) is 0 Å². The van der Waals surface area contributed by atoms with E-state index in [-0.39, 0.29) is 5.91 Å². The summed E-state index contributed by atoms with van der Waals surface area (Å²) in [6.07, 6.45) is 3.40. The van der Waals surface area contributed by atoms with Gasteiger partial charge in [0.2, 0.25) is 10.0 Å². The molecule has 0 atom stereocenters. The molecular formula is C19H23N3O3S. The third kappa shape index (κ3) is 4.35. The summed E-state index contributed by atoms with van der Waals surface area (Å²) in [5.74, 6) is -0.270. The van der Waals surface area contributed by atoms with Crippen LogP contribution in [0.15, 0.2) is 42.5 Å². The molecule has 6 nitrogen and oxygen atoms in total. The van der Waals surface area contributed by atoms with Gasteiger partial charge in [0.15, 0.2) is 0 Å². The molecule has 1 aliphatic rings. The Hall–Kier alpha value is -2.54. The van der Waals surface area contributed by atoms with E-state index < -0.39 is 10.0 Å². The van der Waals surface area contributed by atoms with Gasteiger partial charge in [-0.1, -0.05) is 18.2 Å². The average molecular weight is 373 g/mol. The minimum atomic E-state index is -3.41. The fraction of sp³-hybridized carbons (Fsp3) is 0.316. The lowest BCUT2D eigenvalue weighted by molar-refractivity contribution is 0.102. The fourth-order valence-electron chi connectivity index (χ4n) is 3.08. The summed E-state index contributed by atoms with van der Waals surface area (Å²) in [5.41, 5.74) is 3.34. The first kappa shape index (κ1) is 18.3. The van der Waals surface area contributed by atoms with E-state index in [9.17, 15) is 13.2 Å². The van der Waals surface area contributed by atoms with Gasteiger partial charge in [0.25, 0.3) is 5.91 Å². The Balaban J connectivity index is 1.84. The highest BCUT2D eigenvalue weighted by molar-refractivity contribution is 7.92. The third-order valence-corrected chi connectivity index (χ3v) is 4.98. The highest BCUT2D eigenvalue weighted by atomic mass is 32.2. The van der Waals surface area contributed by atoms with Crippen LogP contribution in [0.5, 0.6) is 0 Å². The highest BCUT2D eigenvalue weighted by Crippen LogP contribution is 2.29. The summed E-state index contributed by atoms with van der Waals surface area (Å²) in [5, 5.41) is 2.96. The maximum atomic E-state index is 12.7. The first-order valence-corrected chi connectivity index (χ1v) is 10.5. The molecule has 0 spiro atoms. The second kappa shape index (κ2) is 7.37. The minimum Gasteiger partial charge on any atom is -0.370 e. The molecule has 0 bridgehead atoms. The largest absolute Gasteiger partial charge is 0.370 e. The lowest BCUT2D eigenvalue weighted by Crippen LogP contribution is -2.21. The number of aryl methyl sites for hydroxylation is 1. The molecule has 1 aliphatic heterocycles. The zero-order valence-electron chi connectivity index (χ0n) is 15.0. The first-order valence-electron chi connectivity index (χ1n) is 8.57. The number of nitrogens with zero attached hydrogens (tertiary/aromatic N) is 1. The number of hydrogen-bond donors (Lipinski definition) is 2. The zero-order chi connectivity index (χ0) is 18.7. The van der Waals surface area contributed by atoms with Crippen molar-refractivity contribution in [1.82, 2.24) is 0 Å². The van der Waals surface area contributed by atoms with Crippen molar-refractivity contribution in [3.05, 3.63) is 53.6 Å². The fourth-order valence-corrected chi connectivity index (χ4v) is 3.70. The van der Waals surface area contributed by atoms with Gasteiger partial charge in [0.1, 0.15) is 0 Å². The van der Waals surface area contributed by atoms with Crippen molar-refractivity contribution in [3.63, 3.8) is 0 Å². The van der Waals surface area contributed by atoms with E-state index in [2.05, 4.69) is 14.9 Å². The quantitative estimate of drug-likeness (QED) is 0.843. The van der Waals surface area contributed by atoms with Crippen molar-refractivity contribution in [2.24, 2.45) is 0 Å². The molecule has 0 radical (unpaired) electrons. The summed E-state index contributed by atoms with van der Waals surface area (Å²) in [4.78, 5) is 15.0. The third-order valence-electron chi connectivity index (χ3n) is 4.39. The van der Waals surface area contributed by atoms with Crippen molar-refractivity contribution in [3.8, 4) is 0 Å². The SMILES string of the molecule is Cc1ccc(C(=O)Nc2ccccc2N2CCCC2)cc1NS(C)(=O)=O. The lowest BCUT2D eigenvalue weighted by atomic mass is 10.1. The van der Waals surface area contributed by atoms with Crippen LogP contribution in [0, 0.1) is 6.92 Å². The van der Waals surface area contributed by atoms with Gasteiger partial charge in [0.05, 0.1) is 23.3 Å². The molecule has 2 aromatic rings. The van der Waals surface area contributed by atoms with Gasteiger partial charge < -0.3 is 10.2 Å². The van der Waals surface area contributed by atoms with E-state index in [0.717, 1.165) is 49.1 Å². The minimum absolute atomic E-state index is 0.270. The predicted octanol–water partition coefficient (Wildman–Crippen LogP) is 3.22. The van der Waals surface area contributed by atoms with Gasteiger partial charge in [0, 0.05) is 18.7 Å². The van der Waals surface area contributed by atoms with E-state index in [0.29, 0.717) is 11.3 Å². The molecule has 3 rings (SSSR count). The number of para-hydroxylation sites is 2. The van der Waals surface area contributed by atoms with Crippen molar-refractivity contribution >= 4 is 33.0 Å². The van der Waals surface area contributed by atoms with Gasteiger partial charge in [-0.05, 0) is 49.6 Å². The van der Waals surface area contributed by atoms with Crippen LogP contribution in [0.1, 0.15) is 28.8 Å². The van der Waals surface area contributed by atoms with Crippen molar-refractivity contribution in [2.45, 2.75) is 19.8 Å². The van der Waals surface area contributed by atoms with E-state index in [1.54, 1.807) is 25.1 Å². The van der Waals surface area contributed by atoms with Gasteiger partial charge in [-0.2, -0.15) is 0 Å². The van der Waals surface area contributed by atoms with Crippen LogP contribution in [-0.2, 0) is 10.0 Å². The molecule has 0 aliphatic carbocycles. The standard InChI is InChI=1S/C19H23N3O3S/c1-14-9-10-15(13-17(14)21-26(2,24)25)19(23)20-16-7-3-4-8-18(16)22-11-5-6-12-22/h3-4,7-10,13,21H,5-6,11-12H2,1-2H3,(H,20,23). The monoisotopic (exact) mass is 373 g/mol. The van der Waals surface area contributed by atoms with E-state index in [1.807, 2.05) is 24.3 Å². The molecule has 1 amide bonds. The van der Waals surface area contributed by atoms with Crippen LogP contribution in [0.4, 0.5) is 17.1 Å². The summed E-state index contributed by atoms with van der Waals surface area (Å²) >= 11 is 0. The van der Waals surface area contributed by atoms with Crippen LogP contribution >= 0.6 is 0 Å². The van der Waals surface area contributed by atoms with Gasteiger partial charge in [-0.15, -0.1) is 0 Å². The van der Waals surface area contributed by atoms with E-state index >= 15 is 0 Å². The maximum absolute atomic E-state index is 12.7. The van der Waals surface area contributed by atoms with Crippen molar-refractivity contribution in [1.29, 1.82) is 0 Å². The molecule has 26 heavy (non-hydrogen) atoms. The van der Waals surface area contributed by atoms with Crippen LogP contribution in [0.25, 0.3) is 0 Å². The number of anilines is 3. The smallest absolute Gasteiger partial charge is 0.255 e. The molecule has 2 aromatic carbocycles. The number of sulfonamides is 1. The molecule has 1 saturated heterocycles. The molecule has 0 unspecified atom stereocenters. The number of carbonyl (C=O) groups excluding carboxylic acids is 1. The number of rotatable bonds is 5. The molecular weight excluding hydrogens is 350 g/mol. The lowest BCUT2D eigenvalue weighted by Gasteiger charge is -2.21. The number of hydrogen-bond acceptors (Lipinski definition) is 4. The zero-order valence-corrected chi connectivity index (χ0v) is 15.8. The first-order chi connectivity index (χ1) is 12.3. The Morgan fingerprint density at radius 3 is 2.42 bits per heavy atom. The maximum Gasteiger partial charge on any atom is 0.255 e. The van der Waals surface area contributed by atoms with Gasteiger partial charge >= 0.3 is 0 Å². The Bertz CT molecular complexity index is 919. The molecule has 0 saturated carbocycles. The Labute approximate surface area is 154 Å². The van der Waals surface area contributed by atoms with Crippen molar-refractivity contribution in [2.75, 3.05) is 34.3 Å². The predicted molar refractivity (Wildman–Crippen MR) is 105 cm³/mol. The second-order valence-electron chi connectivity index (χ2n) is 6.57. The summed E-state index contributed by atoms with van der Waals surface area (Å²) < 4.78 is 25.4. The summed E-state index contributed by atoms with van der Waals surface area (Å²) in [7, 11) is -3.41.